The summed E-state index contributed by atoms with van der Waals surface area (Å²) in [7, 11) is 0. The van der Waals surface area contributed by atoms with E-state index in [-0.39, 0.29) is 68.9 Å². The quantitative estimate of drug-likeness (QED) is 0.449. The maximum Gasteiger partial charge on any atom is 0 e. The van der Waals surface area contributed by atoms with E-state index in [4.69, 9.17) is 0 Å². The molecular weight excluding hydrogens is 184 g/mol. The molecule has 0 heterocycles. The molecule has 0 fully saturated rings. The van der Waals surface area contributed by atoms with E-state index in [2.05, 4.69) is 0 Å². The summed E-state index contributed by atoms with van der Waals surface area (Å²) in [6, 6.07) is 0. The molecule has 0 rings (SSSR count). The minimum Gasteiger partial charge on any atom is 0 e. The Morgan fingerprint density at radius 1 is 0.750 bits per heavy atom. The van der Waals surface area contributed by atoms with E-state index in [1.54, 1.807) is 0 Å². The second-order valence-electron chi connectivity index (χ2n) is 0. The van der Waals surface area contributed by atoms with Crippen LogP contribution in [0.25, 0.3) is 0 Å². The van der Waals surface area contributed by atoms with Crippen molar-refractivity contribution in [2.75, 3.05) is 0 Å². The fourth-order valence-corrected chi connectivity index (χ4v) is 0. The maximum atomic E-state index is 0. The van der Waals surface area contributed by atoms with Crippen LogP contribution in [-0.4, -0.2) is 18.9 Å². The maximum absolute atomic E-state index is 0. The van der Waals surface area contributed by atoms with E-state index in [1.165, 1.54) is 0 Å². The number of rotatable bonds is 0. The van der Waals surface area contributed by atoms with Gasteiger partial charge in [0.1, 0.15) is 0 Å². The molecule has 0 saturated heterocycles. The van der Waals surface area contributed by atoms with Crippen molar-refractivity contribution < 1.29 is 50.0 Å². The summed E-state index contributed by atoms with van der Waals surface area (Å²) in [6.45, 7) is 0. The van der Waals surface area contributed by atoms with Crippen LogP contribution < -0.4 is 0 Å². The smallest absolute Gasteiger partial charge is 0 e. The molecule has 0 spiro atoms. The molecule has 4 heavy (non-hydrogen) atoms. The number of hydrogen-bond acceptors (Lipinski definition) is 0. The van der Waals surface area contributed by atoms with Gasteiger partial charge >= 0.3 is 0 Å². The molecule has 0 bridgehead atoms. The van der Waals surface area contributed by atoms with Crippen molar-refractivity contribution >= 4 is 18.9 Å². The Balaban J connectivity index is 0. The monoisotopic (exact) mass is 183 g/mol. The third-order valence-electron chi connectivity index (χ3n) is 0. The topological polar surface area (TPSA) is 0 Å². The zero-order valence-electron chi connectivity index (χ0n) is 1.98. The average Bonchev–Trinajstić information content (AvgIpc) is 0. The minimum atomic E-state index is 0. The Morgan fingerprint density at radius 3 is 0.750 bits per heavy atom. The molecule has 0 aromatic rings. The van der Waals surface area contributed by atoms with Crippen LogP contribution in [0.2, 0.25) is 0 Å². The van der Waals surface area contributed by atoms with Gasteiger partial charge in [0.25, 0.3) is 0 Å². The van der Waals surface area contributed by atoms with Crippen LogP contribution in [0.5, 0.6) is 0 Å². The first-order valence-corrected chi connectivity index (χ1v) is 0. The second kappa shape index (κ2) is 19.4. The summed E-state index contributed by atoms with van der Waals surface area (Å²) in [5, 5.41) is 0. The summed E-state index contributed by atoms with van der Waals surface area (Å²) in [4.78, 5) is 0. The molecule has 0 amide bonds. The largest absolute Gasteiger partial charge is 0 e. The molecule has 0 nitrogen and oxygen atoms in total. The molecule has 0 aromatic heterocycles. The van der Waals surface area contributed by atoms with Gasteiger partial charge in [0.2, 0.25) is 0 Å². The third kappa shape index (κ3) is 8.93. The van der Waals surface area contributed by atoms with Crippen LogP contribution in [-0.2, 0) is 50.0 Å². The summed E-state index contributed by atoms with van der Waals surface area (Å²) in [5.74, 6) is 0. The van der Waals surface area contributed by atoms with Crippen LogP contribution in [0, 0.1) is 0 Å². The third-order valence-corrected chi connectivity index (χ3v) is 0. The van der Waals surface area contributed by atoms with E-state index >= 15 is 0 Å². The molecular formula is Co2LiNi. The van der Waals surface area contributed by atoms with Gasteiger partial charge in [-0.2, -0.15) is 0 Å². The van der Waals surface area contributed by atoms with Gasteiger partial charge in [-0.1, -0.05) is 0 Å². The van der Waals surface area contributed by atoms with Crippen molar-refractivity contribution in [1.82, 2.24) is 0 Å². The van der Waals surface area contributed by atoms with Crippen LogP contribution >= 0.6 is 0 Å². The van der Waals surface area contributed by atoms with Crippen molar-refractivity contribution in [2.45, 2.75) is 0 Å². The van der Waals surface area contributed by atoms with E-state index in [9.17, 15) is 0 Å². The summed E-state index contributed by atoms with van der Waals surface area (Å²) in [5.41, 5.74) is 0. The Hall–Kier alpha value is 2.10. The fraction of sp³-hybridized carbons (Fsp3) is 0. The predicted molar refractivity (Wildman–Crippen MR) is 5.75 cm³/mol. The van der Waals surface area contributed by atoms with Crippen molar-refractivity contribution in [1.29, 1.82) is 0 Å². The molecule has 0 N–H and O–H groups in total. The molecule has 29 valence electrons. The summed E-state index contributed by atoms with van der Waals surface area (Å²) >= 11 is 0. The van der Waals surface area contributed by atoms with Gasteiger partial charge in [-0.05, 0) is 0 Å². The van der Waals surface area contributed by atoms with E-state index in [1.807, 2.05) is 0 Å². The first-order valence-electron chi connectivity index (χ1n) is 0. The van der Waals surface area contributed by atoms with Crippen molar-refractivity contribution in [3.63, 3.8) is 0 Å². The van der Waals surface area contributed by atoms with Crippen LogP contribution in [0.4, 0.5) is 0 Å². The van der Waals surface area contributed by atoms with Crippen LogP contribution in [0.15, 0.2) is 0 Å². The zero-order chi connectivity index (χ0) is 0. The fourth-order valence-electron chi connectivity index (χ4n) is 0. The SMILES string of the molecule is [Co].[Co].[Li].[Ni]. The van der Waals surface area contributed by atoms with Gasteiger partial charge in [-0.3, -0.25) is 0 Å². The van der Waals surface area contributed by atoms with E-state index < -0.39 is 0 Å². The van der Waals surface area contributed by atoms with Gasteiger partial charge in [-0.25, -0.2) is 0 Å². The molecule has 4 heteroatoms. The molecule has 0 aliphatic rings. The first-order chi connectivity index (χ1) is 0. The molecule has 0 saturated carbocycles. The Kier molecular flexibility index (Phi) is 174. The molecule has 0 aromatic carbocycles. The van der Waals surface area contributed by atoms with E-state index in [0.717, 1.165) is 0 Å². The molecule has 3 radical (unpaired) electrons. The van der Waals surface area contributed by atoms with Gasteiger partial charge in [0.05, 0.1) is 0 Å². The van der Waals surface area contributed by atoms with Crippen molar-refractivity contribution in [3.8, 4) is 0 Å². The van der Waals surface area contributed by atoms with Crippen LogP contribution in [0.1, 0.15) is 0 Å². The predicted octanol–water partition coefficient (Wildman–Crippen LogP) is -0.388. The van der Waals surface area contributed by atoms with E-state index in [0.29, 0.717) is 0 Å². The molecule has 0 aliphatic carbocycles. The van der Waals surface area contributed by atoms with Gasteiger partial charge in [-0.15, -0.1) is 0 Å². The van der Waals surface area contributed by atoms with Gasteiger partial charge in [0.15, 0.2) is 0 Å². The summed E-state index contributed by atoms with van der Waals surface area (Å²) in [6.07, 6.45) is 0. The van der Waals surface area contributed by atoms with Crippen LogP contribution in [0.3, 0.4) is 0 Å². The van der Waals surface area contributed by atoms with Gasteiger partial charge in [0, 0.05) is 68.9 Å². The van der Waals surface area contributed by atoms with Crippen molar-refractivity contribution in [3.05, 3.63) is 0 Å². The minimum absolute atomic E-state index is 0. The molecule has 0 atom stereocenters. The standard InChI is InChI=1S/2Co.Li.Ni. The molecule has 0 aliphatic heterocycles. The zero-order valence-corrected chi connectivity index (χ0v) is 5.05. The molecule has 0 unspecified atom stereocenters. The Labute approximate surface area is 68.4 Å². The first kappa shape index (κ1) is 35.9. The second-order valence-corrected chi connectivity index (χ2v) is 0. The Bertz CT molecular complexity index is 6.00. The summed E-state index contributed by atoms with van der Waals surface area (Å²) < 4.78 is 0. The van der Waals surface area contributed by atoms with Crippen molar-refractivity contribution in [2.24, 2.45) is 0 Å². The normalized spacial score (nSPS) is 0. The number of hydrogen-bond donors (Lipinski definition) is 0. The average molecular weight is 184 g/mol. The van der Waals surface area contributed by atoms with Gasteiger partial charge < -0.3 is 0 Å². The Morgan fingerprint density at radius 2 is 0.750 bits per heavy atom.